The summed E-state index contributed by atoms with van der Waals surface area (Å²) in [7, 11) is 0. The quantitative estimate of drug-likeness (QED) is 0.406. The van der Waals surface area contributed by atoms with Crippen LogP contribution in [0.4, 0.5) is 0 Å². The molecule has 3 rings (SSSR count). The zero-order valence-electron chi connectivity index (χ0n) is 14.9. The molecule has 5 heteroatoms. The predicted octanol–water partition coefficient (Wildman–Crippen LogP) is 5.16. The van der Waals surface area contributed by atoms with Crippen LogP contribution >= 0.6 is 11.8 Å². The smallest absolute Gasteiger partial charge is 0.163 e. The first-order chi connectivity index (χ1) is 12.6. The third-order valence-electron chi connectivity index (χ3n) is 3.90. The van der Waals surface area contributed by atoms with E-state index in [1.165, 1.54) is 5.56 Å². The molecule has 1 heterocycles. The van der Waals surface area contributed by atoms with Gasteiger partial charge in [-0.05, 0) is 26.0 Å². The van der Waals surface area contributed by atoms with E-state index in [4.69, 9.17) is 9.26 Å². The normalized spacial score (nSPS) is 10.7. The van der Waals surface area contributed by atoms with Crippen molar-refractivity contribution < 1.29 is 14.1 Å². The molecular weight excluding hydrogens is 346 g/mol. The van der Waals surface area contributed by atoms with Crippen LogP contribution in [0, 0.1) is 6.92 Å². The Morgan fingerprint density at radius 1 is 1.15 bits per heavy atom. The number of rotatable bonds is 8. The lowest BCUT2D eigenvalue weighted by atomic mass is 10.1. The summed E-state index contributed by atoms with van der Waals surface area (Å²) in [4.78, 5) is 11.6. The van der Waals surface area contributed by atoms with Gasteiger partial charge in [0, 0.05) is 17.4 Å². The Hall–Kier alpha value is -2.53. The van der Waals surface area contributed by atoms with Crippen LogP contribution in [-0.4, -0.2) is 23.3 Å². The van der Waals surface area contributed by atoms with Crippen LogP contribution in [0.5, 0.6) is 5.75 Å². The molecule has 0 amide bonds. The number of benzene rings is 2. The number of hydrogen-bond donors (Lipinski definition) is 0. The highest BCUT2D eigenvalue weighted by Gasteiger charge is 2.08. The average molecular weight is 367 g/mol. The van der Waals surface area contributed by atoms with Crippen molar-refractivity contribution in [3.63, 3.8) is 0 Å². The molecule has 0 saturated carbocycles. The zero-order chi connectivity index (χ0) is 18.4. The Morgan fingerprint density at radius 2 is 1.92 bits per heavy atom. The second-order valence-electron chi connectivity index (χ2n) is 6.00. The number of carbonyl (C=O) groups excluding carboxylic acids is 1. The van der Waals surface area contributed by atoms with E-state index in [0.717, 1.165) is 28.5 Å². The maximum absolute atomic E-state index is 11.6. The fourth-order valence-electron chi connectivity index (χ4n) is 2.51. The van der Waals surface area contributed by atoms with Gasteiger partial charge in [0.15, 0.2) is 5.78 Å². The molecule has 4 nitrogen and oxygen atoms in total. The molecule has 0 atom stereocenters. The molecule has 0 unspecified atom stereocenters. The van der Waals surface area contributed by atoms with Crippen molar-refractivity contribution in [3.8, 4) is 17.0 Å². The van der Waals surface area contributed by atoms with Gasteiger partial charge < -0.3 is 9.26 Å². The molecule has 0 radical (unpaired) electrons. The standard InChI is InChI=1S/C21H21NO3S/c1-15-7-9-17(10-8-15)20-13-18(25-22-20)14-26-12-11-24-21-6-4-3-5-19(21)16(2)23/h3-10,13H,11-12,14H2,1-2H3. The van der Waals surface area contributed by atoms with Gasteiger partial charge in [-0.15, -0.1) is 0 Å². The molecule has 0 spiro atoms. The van der Waals surface area contributed by atoms with Gasteiger partial charge >= 0.3 is 0 Å². The van der Waals surface area contributed by atoms with Crippen LogP contribution in [-0.2, 0) is 5.75 Å². The third-order valence-corrected chi connectivity index (χ3v) is 4.85. The van der Waals surface area contributed by atoms with Crippen molar-refractivity contribution in [3.05, 3.63) is 71.5 Å². The Morgan fingerprint density at radius 3 is 2.69 bits per heavy atom. The van der Waals surface area contributed by atoms with E-state index in [0.29, 0.717) is 17.9 Å². The second-order valence-corrected chi connectivity index (χ2v) is 7.10. The van der Waals surface area contributed by atoms with Crippen molar-refractivity contribution in [1.82, 2.24) is 5.16 Å². The van der Waals surface area contributed by atoms with E-state index >= 15 is 0 Å². The minimum absolute atomic E-state index is 0.0125. The summed E-state index contributed by atoms with van der Waals surface area (Å²) in [6.45, 7) is 4.14. The van der Waals surface area contributed by atoms with E-state index in [-0.39, 0.29) is 5.78 Å². The van der Waals surface area contributed by atoms with Crippen LogP contribution in [0.3, 0.4) is 0 Å². The highest BCUT2D eigenvalue weighted by molar-refractivity contribution is 7.98. The van der Waals surface area contributed by atoms with E-state index in [1.54, 1.807) is 24.8 Å². The highest BCUT2D eigenvalue weighted by atomic mass is 32.2. The second kappa shape index (κ2) is 8.72. The van der Waals surface area contributed by atoms with Gasteiger partial charge in [0.25, 0.3) is 0 Å². The van der Waals surface area contributed by atoms with Crippen LogP contribution in [0.2, 0.25) is 0 Å². The number of aromatic nitrogens is 1. The van der Waals surface area contributed by atoms with Gasteiger partial charge in [-0.1, -0.05) is 47.1 Å². The number of ether oxygens (including phenoxy) is 1. The topological polar surface area (TPSA) is 52.3 Å². The first-order valence-corrected chi connectivity index (χ1v) is 9.62. The van der Waals surface area contributed by atoms with Gasteiger partial charge in [-0.25, -0.2) is 0 Å². The number of Topliss-reactive ketones (excluding diaryl/α,β-unsaturated/α-hetero) is 1. The summed E-state index contributed by atoms with van der Waals surface area (Å²) in [5.74, 6) is 3.03. The summed E-state index contributed by atoms with van der Waals surface area (Å²) in [5.41, 5.74) is 3.75. The molecule has 0 bridgehead atoms. The van der Waals surface area contributed by atoms with Gasteiger partial charge in [-0.2, -0.15) is 11.8 Å². The Balaban J connectivity index is 1.46. The van der Waals surface area contributed by atoms with Crippen molar-refractivity contribution in [2.75, 3.05) is 12.4 Å². The monoisotopic (exact) mass is 367 g/mol. The number of thioether (sulfide) groups is 1. The first kappa shape index (κ1) is 18.3. The maximum atomic E-state index is 11.6. The van der Waals surface area contributed by atoms with Crippen LogP contribution < -0.4 is 4.74 Å². The van der Waals surface area contributed by atoms with Crippen molar-refractivity contribution in [2.24, 2.45) is 0 Å². The lowest BCUT2D eigenvalue weighted by molar-refractivity contribution is 0.101. The van der Waals surface area contributed by atoms with Gasteiger partial charge in [0.2, 0.25) is 0 Å². The number of ketones is 1. The summed E-state index contributed by atoms with van der Waals surface area (Å²) in [5, 5.41) is 4.14. The fourth-order valence-corrected chi connectivity index (χ4v) is 3.19. The summed E-state index contributed by atoms with van der Waals surface area (Å²) >= 11 is 1.71. The Labute approximate surface area is 157 Å². The number of aryl methyl sites for hydroxylation is 1. The highest BCUT2D eigenvalue weighted by Crippen LogP contribution is 2.23. The van der Waals surface area contributed by atoms with Crippen molar-refractivity contribution in [1.29, 1.82) is 0 Å². The largest absolute Gasteiger partial charge is 0.492 e. The minimum atomic E-state index is 0.0125. The predicted molar refractivity (Wildman–Crippen MR) is 105 cm³/mol. The lowest BCUT2D eigenvalue weighted by Crippen LogP contribution is -2.04. The van der Waals surface area contributed by atoms with E-state index in [1.807, 2.05) is 36.4 Å². The van der Waals surface area contributed by atoms with E-state index < -0.39 is 0 Å². The SMILES string of the molecule is CC(=O)c1ccccc1OCCSCc1cc(-c2ccc(C)cc2)no1. The molecule has 0 fully saturated rings. The molecule has 2 aromatic carbocycles. The number of para-hydroxylation sites is 1. The Kier molecular flexibility index (Phi) is 6.12. The molecule has 0 aliphatic heterocycles. The van der Waals surface area contributed by atoms with E-state index in [2.05, 4.69) is 24.2 Å². The average Bonchev–Trinajstić information content (AvgIpc) is 3.11. The van der Waals surface area contributed by atoms with Gasteiger partial charge in [0.05, 0.1) is 17.9 Å². The van der Waals surface area contributed by atoms with Crippen LogP contribution in [0.15, 0.2) is 59.1 Å². The zero-order valence-corrected chi connectivity index (χ0v) is 15.7. The molecule has 0 N–H and O–H groups in total. The van der Waals surface area contributed by atoms with Crippen molar-refractivity contribution >= 4 is 17.5 Å². The Bertz CT molecular complexity index is 871. The van der Waals surface area contributed by atoms with Crippen LogP contribution in [0.25, 0.3) is 11.3 Å². The van der Waals surface area contributed by atoms with Crippen molar-refractivity contribution in [2.45, 2.75) is 19.6 Å². The maximum Gasteiger partial charge on any atom is 0.163 e. The molecule has 1 aromatic heterocycles. The fraction of sp³-hybridized carbons (Fsp3) is 0.238. The van der Waals surface area contributed by atoms with E-state index in [9.17, 15) is 4.79 Å². The molecule has 0 aliphatic carbocycles. The van der Waals surface area contributed by atoms with Crippen LogP contribution in [0.1, 0.15) is 28.6 Å². The molecule has 134 valence electrons. The number of hydrogen-bond acceptors (Lipinski definition) is 5. The first-order valence-electron chi connectivity index (χ1n) is 8.46. The summed E-state index contributed by atoms with van der Waals surface area (Å²) in [6.07, 6.45) is 0. The lowest BCUT2D eigenvalue weighted by Gasteiger charge is -2.08. The number of nitrogens with zero attached hydrogens (tertiary/aromatic N) is 1. The molecule has 0 saturated heterocycles. The molecule has 0 aliphatic rings. The minimum Gasteiger partial charge on any atom is -0.492 e. The summed E-state index contributed by atoms with van der Waals surface area (Å²) in [6, 6.07) is 17.5. The molecular formula is C21H21NO3S. The molecule has 26 heavy (non-hydrogen) atoms. The summed E-state index contributed by atoms with van der Waals surface area (Å²) < 4.78 is 11.1. The number of carbonyl (C=O) groups is 1. The van der Waals surface area contributed by atoms with Gasteiger partial charge in [-0.3, -0.25) is 4.79 Å². The third kappa shape index (κ3) is 4.76. The molecule has 3 aromatic rings. The van der Waals surface area contributed by atoms with Gasteiger partial charge in [0.1, 0.15) is 17.2 Å².